The molecular formula is C18H30N2. The van der Waals surface area contributed by atoms with Crippen LogP contribution in [0.15, 0.2) is 24.3 Å². The summed E-state index contributed by atoms with van der Waals surface area (Å²) in [6.07, 6.45) is 6.43. The maximum Gasteiger partial charge on any atom is 0.0401 e. The smallest absolute Gasteiger partial charge is 0.0401 e. The van der Waals surface area contributed by atoms with Crippen LogP contribution in [0.5, 0.6) is 0 Å². The first-order chi connectivity index (χ1) is 9.58. The summed E-state index contributed by atoms with van der Waals surface area (Å²) in [6.45, 7) is 7.88. The van der Waals surface area contributed by atoms with Gasteiger partial charge in [-0.2, -0.15) is 0 Å². The zero-order valence-corrected chi connectivity index (χ0v) is 13.3. The first-order valence-corrected chi connectivity index (χ1v) is 8.18. The van der Waals surface area contributed by atoms with Crippen LogP contribution >= 0.6 is 0 Å². The van der Waals surface area contributed by atoms with E-state index in [0.29, 0.717) is 5.92 Å². The van der Waals surface area contributed by atoms with Crippen LogP contribution in [-0.2, 0) is 6.42 Å². The fourth-order valence-corrected chi connectivity index (χ4v) is 3.36. The SMILES string of the molecule is CC(C)CN(c1ccccc1CC(C)N)C1CCCC1. The third-order valence-corrected chi connectivity index (χ3v) is 4.17. The zero-order chi connectivity index (χ0) is 14.5. The quantitative estimate of drug-likeness (QED) is 0.850. The Hall–Kier alpha value is -1.02. The van der Waals surface area contributed by atoms with E-state index >= 15 is 0 Å². The van der Waals surface area contributed by atoms with Crippen molar-refractivity contribution in [1.82, 2.24) is 0 Å². The van der Waals surface area contributed by atoms with E-state index in [1.54, 1.807) is 0 Å². The van der Waals surface area contributed by atoms with Gasteiger partial charge in [0.05, 0.1) is 0 Å². The number of anilines is 1. The minimum absolute atomic E-state index is 0.223. The molecule has 1 aliphatic carbocycles. The number of para-hydroxylation sites is 1. The van der Waals surface area contributed by atoms with E-state index in [1.165, 1.54) is 36.9 Å². The molecule has 0 radical (unpaired) electrons. The third-order valence-electron chi connectivity index (χ3n) is 4.17. The Morgan fingerprint density at radius 1 is 1.15 bits per heavy atom. The lowest BCUT2D eigenvalue weighted by Crippen LogP contribution is -2.37. The maximum atomic E-state index is 6.03. The molecule has 1 saturated carbocycles. The molecular weight excluding hydrogens is 244 g/mol. The fourth-order valence-electron chi connectivity index (χ4n) is 3.36. The van der Waals surface area contributed by atoms with Gasteiger partial charge in [0, 0.05) is 24.3 Å². The van der Waals surface area contributed by atoms with E-state index in [2.05, 4.69) is 49.9 Å². The molecule has 2 heteroatoms. The second kappa shape index (κ2) is 7.12. The van der Waals surface area contributed by atoms with Crippen molar-refractivity contribution in [2.24, 2.45) is 11.7 Å². The van der Waals surface area contributed by atoms with Gasteiger partial charge in [0.15, 0.2) is 0 Å². The van der Waals surface area contributed by atoms with Gasteiger partial charge in [0.25, 0.3) is 0 Å². The number of rotatable bonds is 6. The van der Waals surface area contributed by atoms with Crippen molar-refractivity contribution in [3.63, 3.8) is 0 Å². The zero-order valence-electron chi connectivity index (χ0n) is 13.3. The molecule has 2 N–H and O–H groups in total. The molecule has 1 atom stereocenters. The maximum absolute atomic E-state index is 6.03. The van der Waals surface area contributed by atoms with Gasteiger partial charge in [0.2, 0.25) is 0 Å². The van der Waals surface area contributed by atoms with Crippen LogP contribution in [0.2, 0.25) is 0 Å². The lowest BCUT2D eigenvalue weighted by molar-refractivity contribution is 0.533. The van der Waals surface area contributed by atoms with Crippen molar-refractivity contribution in [3.8, 4) is 0 Å². The summed E-state index contributed by atoms with van der Waals surface area (Å²) in [5, 5.41) is 0. The molecule has 1 aromatic rings. The van der Waals surface area contributed by atoms with Gasteiger partial charge in [-0.15, -0.1) is 0 Å². The monoisotopic (exact) mass is 274 g/mol. The third kappa shape index (κ3) is 3.99. The first kappa shape index (κ1) is 15.4. The van der Waals surface area contributed by atoms with Crippen LogP contribution in [0.4, 0.5) is 5.69 Å². The highest BCUT2D eigenvalue weighted by atomic mass is 15.2. The number of hydrogen-bond acceptors (Lipinski definition) is 2. The van der Waals surface area contributed by atoms with Crippen molar-refractivity contribution in [2.75, 3.05) is 11.4 Å². The number of nitrogens with zero attached hydrogens (tertiary/aromatic N) is 1. The Kier molecular flexibility index (Phi) is 5.47. The normalized spacial score (nSPS) is 17.6. The molecule has 1 fully saturated rings. The summed E-state index contributed by atoms with van der Waals surface area (Å²) in [5.41, 5.74) is 8.86. The van der Waals surface area contributed by atoms with Gasteiger partial charge < -0.3 is 10.6 Å². The van der Waals surface area contributed by atoms with E-state index in [1.807, 2.05) is 0 Å². The molecule has 0 aromatic heterocycles. The van der Waals surface area contributed by atoms with Crippen LogP contribution in [0, 0.1) is 5.92 Å². The Morgan fingerprint density at radius 3 is 2.40 bits per heavy atom. The van der Waals surface area contributed by atoms with Gasteiger partial charge in [-0.1, -0.05) is 44.9 Å². The molecule has 2 rings (SSSR count). The highest BCUT2D eigenvalue weighted by Crippen LogP contribution is 2.31. The summed E-state index contributed by atoms with van der Waals surface area (Å²) in [7, 11) is 0. The Balaban J connectivity index is 2.27. The largest absolute Gasteiger partial charge is 0.368 e. The molecule has 0 spiro atoms. The van der Waals surface area contributed by atoms with Gasteiger partial charge in [0.1, 0.15) is 0 Å². The predicted molar refractivity (Wildman–Crippen MR) is 88.2 cm³/mol. The first-order valence-electron chi connectivity index (χ1n) is 8.18. The van der Waals surface area contributed by atoms with Crippen LogP contribution in [0.1, 0.15) is 52.0 Å². The molecule has 0 bridgehead atoms. The van der Waals surface area contributed by atoms with Crippen LogP contribution < -0.4 is 10.6 Å². The second-order valence-corrected chi connectivity index (χ2v) is 6.79. The topological polar surface area (TPSA) is 29.3 Å². The van der Waals surface area contributed by atoms with Crippen molar-refractivity contribution in [1.29, 1.82) is 0 Å². The number of benzene rings is 1. The molecule has 0 aliphatic heterocycles. The molecule has 112 valence electrons. The van der Waals surface area contributed by atoms with Crippen molar-refractivity contribution >= 4 is 5.69 Å². The molecule has 20 heavy (non-hydrogen) atoms. The van der Waals surface area contributed by atoms with Crippen LogP contribution in [-0.4, -0.2) is 18.6 Å². The molecule has 2 nitrogen and oxygen atoms in total. The molecule has 1 aromatic carbocycles. The Bertz CT molecular complexity index is 406. The molecule has 1 aliphatic rings. The van der Waals surface area contributed by atoms with Crippen molar-refractivity contribution in [3.05, 3.63) is 29.8 Å². The summed E-state index contributed by atoms with van der Waals surface area (Å²) < 4.78 is 0. The van der Waals surface area contributed by atoms with Gasteiger partial charge in [-0.05, 0) is 43.7 Å². The molecule has 1 unspecified atom stereocenters. The van der Waals surface area contributed by atoms with E-state index in [9.17, 15) is 0 Å². The van der Waals surface area contributed by atoms with Crippen LogP contribution in [0.3, 0.4) is 0 Å². The van der Waals surface area contributed by atoms with Crippen LogP contribution in [0.25, 0.3) is 0 Å². The Morgan fingerprint density at radius 2 is 1.80 bits per heavy atom. The number of nitrogens with two attached hydrogens (primary N) is 1. The fraction of sp³-hybridized carbons (Fsp3) is 0.667. The second-order valence-electron chi connectivity index (χ2n) is 6.79. The minimum Gasteiger partial charge on any atom is -0.368 e. The lowest BCUT2D eigenvalue weighted by atomic mass is 10.0. The standard InChI is InChI=1S/C18H30N2/c1-14(2)13-20(17-9-5-6-10-17)18-11-7-4-8-16(18)12-15(3)19/h4,7-8,11,14-15,17H,5-6,9-10,12-13,19H2,1-3H3. The molecule has 0 saturated heterocycles. The summed E-state index contributed by atoms with van der Waals surface area (Å²) in [4.78, 5) is 2.66. The van der Waals surface area contributed by atoms with E-state index in [0.717, 1.165) is 19.0 Å². The summed E-state index contributed by atoms with van der Waals surface area (Å²) in [6, 6.07) is 9.80. The Labute approximate surface area is 124 Å². The predicted octanol–water partition coefficient (Wildman–Crippen LogP) is 3.98. The summed E-state index contributed by atoms with van der Waals surface area (Å²) >= 11 is 0. The highest BCUT2D eigenvalue weighted by Gasteiger charge is 2.24. The van der Waals surface area contributed by atoms with Gasteiger partial charge >= 0.3 is 0 Å². The van der Waals surface area contributed by atoms with Crippen molar-refractivity contribution in [2.45, 2.75) is 65.0 Å². The number of hydrogen-bond donors (Lipinski definition) is 1. The molecule has 0 heterocycles. The van der Waals surface area contributed by atoms with E-state index in [4.69, 9.17) is 5.73 Å². The van der Waals surface area contributed by atoms with E-state index < -0.39 is 0 Å². The lowest BCUT2D eigenvalue weighted by Gasteiger charge is -2.34. The van der Waals surface area contributed by atoms with Crippen molar-refractivity contribution < 1.29 is 0 Å². The average molecular weight is 274 g/mol. The summed E-state index contributed by atoms with van der Waals surface area (Å²) in [5.74, 6) is 0.693. The highest BCUT2D eigenvalue weighted by molar-refractivity contribution is 5.55. The van der Waals surface area contributed by atoms with Gasteiger partial charge in [-0.3, -0.25) is 0 Å². The molecule has 0 amide bonds. The van der Waals surface area contributed by atoms with E-state index in [-0.39, 0.29) is 6.04 Å². The average Bonchev–Trinajstić information content (AvgIpc) is 2.89. The van der Waals surface area contributed by atoms with Gasteiger partial charge in [-0.25, -0.2) is 0 Å². The minimum atomic E-state index is 0.223.